The van der Waals surface area contributed by atoms with Crippen LogP contribution in [0, 0.1) is 0 Å². The van der Waals surface area contributed by atoms with Crippen LogP contribution in [-0.2, 0) is 11.2 Å². The van der Waals surface area contributed by atoms with Gasteiger partial charge in [-0.05, 0) is 37.6 Å². The zero-order valence-electron chi connectivity index (χ0n) is 14.5. The van der Waals surface area contributed by atoms with E-state index in [0.717, 1.165) is 18.5 Å². The first kappa shape index (κ1) is 18.9. The third-order valence-electron chi connectivity index (χ3n) is 3.43. The molecule has 0 bridgehead atoms. The summed E-state index contributed by atoms with van der Waals surface area (Å²) in [5.41, 5.74) is 1.71. The number of benzene rings is 1. The van der Waals surface area contributed by atoms with Gasteiger partial charge in [0.2, 0.25) is 5.91 Å². The van der Waals surface area contributed by atoms with E-state index in [1.54, 1.807) is 31.2 Å². The Bertz CT molecular complexity index is 815. The number of rotatable bonds is 7. The summed E-state index contributed by atoms with van der Waals surface area (Å²) in [4.78, 5) is 42.3. The van der Waals surface area contributed by atoms with Gasteiger partial charge >= 0.3 is 0 Å². The quantitative estimate of drug-likeness (QED) is 0.450. The minimum Gasteiger partial charge on any atom is -0.326 e. The van der Waals surface area contributed by atoms with Crippen molar-refractivity contribution >= 4 is 29.1 Å². The summed E-state index contributed by atoms with van der Waals surface area (Å²) in [6.45, 7) is 5.23. The van der Waals surface area contributed by atoms with Crippen LogP contribution in [0.2, 0.25) is 0 Å². The number of nitrogens with zero attached hydrogens (tertiary/aromatic N) is 1. The number of carbonyl (C=O) groups is 2. The largest absolute Gasteiger partial charge is 0.326 e. The van der Waals surface area contributed by atoms with Crippen LogP contribution < -0.4 is 10.9 Å². The SMILES string of the molecule is CCCc1cc(=O)[nH]c(S[C@H](C)C(=O)c2ccc(NC(C)=O)cc2)n1. The minimum absolute atomic E-state index is 0.0667. The molecule has 132 valence electrons. The Labute approximate surface area is 150 Å². The number of thioether (sulfide) groups is 1. The van der Waals surface area contributed by atoms with Gasteiger partial charge in [0.1, 0.15) is 0 Å². The molecule has 6 nitrogen and oxygen atoms in total. The second-order valence-electron chi connectivity index (χ2n) is 5.67. The Morgan fingerprint density at radius 1 is 1.28 bits per heavy atom. The van der Waals surface area contributed by atoms with Gasteiger partial charge in [0.15, 0.2) is 10.9 Å². The molecule has 7 heteroatoms. The molecule has 0 spiro atoms. The van der Waals surface area contributed by atoms with Crippen molar-refractivity contribution in [3.8, 4) is 0 Å². The number of nitrogens with one attached hydrogen (secondary N) is 2. The highest BCUT2D eigenvalue weighted by Crippen LogP contribution is 2.23. The predicted octanol–water partition coefficient (Wildman–Crippen LogP) is 3.04. The smallest absolute Gasteiger partial charge is 0.251 e. The number of aryl methyl sites for hydroxylation is 1. The number of Topliss-reactive ketones (excluding diaryl/α,β-unsaturated/α-hetero) is 1. The zero-order chi connectivity index (χ0) is 18.4. The number of aromatic nitrogens is 2. The van der Waals surface area contributed by atoms with E-state index < -0.39 is 5.25 Å². The van der Waals surface area contributed by atoms with Crippen LogP contribution in [0.1, 0.15) is 43.2 Å². The molecule has 2 rings (SSSR count). The van der Waals surface area contributed by atoms with Crippen molar-refractivity contribution < 1.29 is 9.59 Å². The first-order chi connectivity index (χ1) is 11.9. The van der Waals surface area contributed by atoms with Gasteiger partial charge in [-0.25, -0.2) is 4.98 Å². The molecule has 0 aliphatic rings. The number of amides is 1. The minimum atomic E-state index is -0.397. The lowest BCUT2D eigenvalue weighted by Crippen LogP contribution is -2.16. The number of carbonyl (C=O) groups excluding carboxylic acids is 2. The second-order valence-corrected chi connectivity index (χ2v) is 7.00. The van der Waals surface area contributed by atoms with Crippen molar-refractivity contribution in [1.82, 2.24) is 9.97 Å². The van der Waals surface area contributed by atoms with E-state index in [0.29, 0.717) is 16.4 Å². The molecule has 25 heavy (non-hydrogen) atoms. The molecule has 1 aromatic carbocycles. The lowest BCUT2D eigenvalue weighted by molar-refractivity contribution is -0.114. The monoisotopic (exact) mass is 359 g/mol. The molecule has 2 aromatic rings. The van der Waals surface area contributed by atoms with Gasteiger partial charge in [-0.1, -0.05) is 25.1 Å². The summed E-state index contributed by atoms with van der Waals surface area (Å²) >= 11 is 1.23. The fourth-order valence-corrected chi connectivity index (χ4v) is 3.21. The maximum atomic E-state index is 12.6. The van der Waals surface area contributed by atoms with Crippen molar-refractivity contribution in [3.63, 3.8) is 0 Å². The third-order valence-corrected chi connectivity index (χ3v) is 4.41. The summed E-state index contributed by atoms with van der Waals surface area (Å²) in [6.07, 6.45) is 1.63. The van der Waals surface area contributed by atoms with Gasteiger partial charge in [0, 0.05) is 29.9 Å². The fraction of sp³-hybridized carbons (Fsp3) is 0.333. The molecular weight excluding hydrogens is 338 g/mol. The normalized spacial score (nSPS) is 11.8. The molecule has 0 radical (unpaired) electrons. The van der Waals surface area contributed by atoms with Gasteiger partial charge in [0.05, 0.1) is 5.25 Å². The average molecular weight is 359 g/mol. The Kier molecular flexibility index (Phi) is 6.52. The molecule has 0 unspecified atom stereocenters. The molecule has 1 atom stereocenters. The van der Waals surface area contributed by atoms with Crippen LogP contribution in [-0.4, -0.2) is 26.9 Å². The van der Waals surface area contributed by atoms with Crippen LogP contribution in [0.5, 0.6) is 0 Å². The highest BCUT2D eigenvalue weighted by atomic mass is 32.2. The van der Waals surface area contributed by atoms with Crippen molar-refractivity contribution in [2.45, 2.75) is 44.0 Å². The van der Waals surface area contributed by atoms with Gasteiger partial charge in [-0.2, -0.15) is 0 Å². The number of ketones is 1. The maximum Gasteiger partial charge on any atom is 0.251 e. The van der Waals surface area contributed by atoms with Crippen molar-refractivity contribution in [1.29, 1.82) is 0 Å². The molecule has 1 aromatic heterocycles. The molecule has 1 amide bonds. The Balaban J connectivity index is 2.09. The highest BCUT2D eigenvalue weighted by Gasteiger charge is 2.18. The Hall–Kier alpha value is -2.41. The van der Waals surface area contributed by atoms with Crippen LogP contribution >= 0.6 is 11.8 Å². The highest BCUT2D eigenvalue weighted by molar-refractivity contribution is 8.00. The second kappa shape index (κ2) is 8.62. The summed E-state index contributed by atoms with van der Waals surface area (Å²) in [7, 11) is 0. The standard InChI is InChI=1S/C18H21N3O3S/c1-4-5-15-10-16(23)21-18(20-15)25-11(2)17(24)13-6-8-14(9-7-13)19-12(3)22/h6-11H,4-5H2,1-3H3,(H,19,22)(H,20,21,23)/t11-/m1/s1. The van der Waals surface area contributed by atoms with E-state index in [1.807, 2.05) is 6.92 Å². The van der Waals surface area contributed by atoms with Gasteiger partial charge in [-0.15, -0.1) is 0 Å². The molecular formula is C18H21N3O3S. The fourth-order valence-electron chi connectivity index (χ4n) is 2.30. The maximum absolute atomic E-state index is 12.6. The Morgan fingerprint density at radius 2 is 1.96 bits per heavy atom. The Morgan fingerprint density at radius 3 is 2.56 bits per heavy atom. The van der Waals surface area contributed by atoms with Crippen LogP contribution in [0.15, 0.2) is 40.3 Å². The van der Waals surface area contributed by atoms with E-state index in [4.69, 9.17) is 0 Å². The summed E-state index contributed by atoms with van der Waals surface area (Å²) in [5.74, 6) is -0.229. The number of anilines is 1. The van der Waals surface area contributed by atoms with Crippen molar-refractivity contribution in [2.24, 2.45) is 0 Å². The lowest BCUT2D eigenvalue weighted by Gasteiger charge is -2.11. The first-order valence-electron chi connectivity index (χ1n) is 8.07. The van der Waals surface area contributed by atoms with Crippen LogP contribution in [0.4, 0.5) is 5.69 Å². The molecule has 0 saturated heterocycles. The number of H-pyrrole nitrogens is 1. The van der Waals surface area contributed by atoms with Gasteiger partial charge in [-0.3, -0.25) is 14.4 Å². The summed E-state index contributed by atoms with van der Waals surface area (Å²) < 4.78 is 0. The molecule has 1 heterocycles. The molecule has 0 aliphatic heterocycles. The average Bonchev–Trinajstić information content (AvgIpc) is 2.54. The van der Waals surface area contributed by atoms with E-state index in [-0.39, 0.29) is 17.2 Å². The third kappa shape index (κ3) is 5.56. The molecule has 0 aliphatic carbocycles. The van der Waals surface area contributed by atoms with Crippen LogP contribution in [0.3, 0.4) is 0 Å². The molecule has 0 saturated carbocycles. The van der Waals surface area contributed by atoms with E-state index in [9.17, 15) is 14.4 Å². The number of hydrogen-bond donors (Lipinski definition) is 2. The summed E-state index contributed by atoms with van der Waals surface area (Å²) in [5, 5.41) is 2.71. The van der Waals surface area contributed by atoms with Gasteiger partial charge in [0.25, 0.3) is 5.56 Å². The molecule has 2 N–H and O–H groups in total. The van der Waals surface area contributed by atoms with Crippen molar-refractivity contribution in [2.75, 3.05) is 5.32 Å². The predicted molar refractivity (Wildman–Crippen MR) is 99.2 cm³/mol. The van der Waals surface area contributed by atoms with E-state index in [1.165, 1.54) is 24.8 Å². The first-order valence-corrected chi connectivity index (χ1v) is 8.95. The number of hydrogen-bond acceptors (Lipinski definition) is 5. The topological polar surface area (TPSA) is 91.9 Å². The zero-order valence-corrected chi connectivity index (χ0v) is 15.3. The van der Waals surface area contributed by atoms with Crippen molar-refractivity contribution in [3.05, 3.63) is 51.9 Å². The summed E-state index contributed by atoms with van der Waals surface area (Å²) in [6, 6.07) is 8.21. The van der Waals surface area contributed by atoms with Crippen LogP contribution in [0.25, 0.3) is 0 Å². The van der Waals surface area contributed by atoms with Gasteiger partial charge < -0.3 is 10.3 Å². The number of aromatic amines is 1. The van der Waals surface area contributed by atoms with E-state index >= 15 is 0 Å². The molecule has 0 fully saturated rings. The van der Waals surface area contributed by atoms with E-state index in [2.05, 4.69) is 15.3 Å². The lowest BCUT2D eigenvalue weighted by atomic mass is 10.1.